The number of hydrogen-bond donors (Lipinski definition) is 1. The van der Waals surface area contributed by atoms with Crippen LogP contribution in [0.4, 0.5) is 4.39 Å². The number of nitrogens with one attached hydrogen (secondary N) is 1. The lowest BCUT2D eigenvalue weighted by atomic mass is 10.2. The summed E-state index contributed by atoms with van der Waals surface area (Å²) in [5.74, 6) is 0.213. The van der Waals surface area contributed by atoms with Gasteiger partial charge in [-0.05, 0) is 43.5 Å². The van der Waals surface area contributed by atoms with Crippen LogP contribution in [0.5, 0.6) is 0 Å². The third kappa shape index (κ3) is 3.55. The molecule has 0 spiro atoms. The molecule has 7 heteroatoms. The lowest BCUT2D eigenvalue weighted by molar-refractivity contribution is -0.121. The van der Waals surface area contributed by atoms with E-state index >= 15 is 0 Å². The monoisotopic (exact) mass is 332 g/mol. The van der Waals surface area contributed by atoms with E-state index in [9.17, 15) is 14.0 Å². The van der Waals surface area contributed by atoms with Crippen molar-refractivity contribution in [2.75, 3.05) is 6.54 Å². The predicted molar refractivity (Wildman–Crippen MR) is 88.1 cm³/mol. The van der Waals surface area contributed by atoms with Gasteiger partial charge in [0.2, 0.25) is 5.91 Å². The number of halogens is 1. The molecule has 1 N–H and O–H groups in total. The number of carbonyl (C=O) groups excluding carboxylic acids is 1. The van der Waals surface area contributed by atoms with Gasteiger partial charge >= 0.3 is 5.69 Å². The van der Waals surface area contributed by atoms with Crippen molar-refractivity contribution in [1.82, 2.24) is 19.7 Å². The maximum Gasteiger partial charge on any atom is 0.346 e. The molecule has 1 aliphatic carbocycles. The smallest absolute Gasteiger partial charge is 0.346 e. The van der Waals surface area contributed by atoms with Gasteiger partial charge in [0, 0.05) is 24.6 Å². The van der Waals surface area contributed by atoms with Crippen LogP contribution in [0.2, 0.25) is 0 Å². The number of nitrogens with zero attached hydrogens (tertiary/aromatic N) is 3. The minimum absolute atomic E-state index is 0.0223. The molecule has 0 unspecified atom stereocenters. The fraction of sp³-hybridized carbons (Fsp3) is 0.471. The third-order valence-electron chi connectivity index (χ3n) is 4.01. The van der Waals surface area contributed by atoms with Gasteiger partial charge in [-0.25, -0.2) is 13.9 Å². The molecule has 1 aromatic carbocycles. The van der Waals surface area contributed by atoms with Gasteiger partial charge in [-0.2, -0.15) is 0 Å². The standard InChI is InChI=1S/C17H21FN4O2/c1-2-3-15(23)19-10-11-21-17(24)22(14-8-9-14)16(20-21)12-4-6-13(18)7-5-12/h4-7,14H,2-3,8-11H2,1H3,(H,19,23). The average molecular weight is 332 g/mol. The fourth-order valence-electron chi connectivity index (χ4n) is 2.64. The van der Waals surface area contributed by atoms with E-state index in [1.807, 2.05) is 6.92 Å². The maximum atomic E-state index is 13.1. The molecule has 1 fully saturated rings. The van der Waals surface area contributed by atoms with Crippen LogP contribution in [-0.2, 0) is 11.3 Å². The van der Waals surface area contributed by atoms with Gasteiger partial charge in [0.05, 0.1) is 6.54 Å². The van der Waals surface area contributed by atoms with Gasteiger partial charge < -0.3 is 5.32 Å². The molecule has 6 nitrogen and oxygen atoms in total. The van der Waals surface area contributed by atoms with Crippen molar-refractivity contribution < 1.29 is 9.18 Å². The second-order valence-electron chi connectivity index (χ2n) is 6.04. The molecule has 24 heavy (non-hydrogen) atoms. The molecule has 0 saturated heterocycles. The van der Waals surface area contributed by atoms with Crippen LogP contribution in [0.1, 0.15) is 38.6 Å². The molecule has 1 amide bonds. The Kier molecular flexibility index (Phi) is 4.78. The zero-order chi connectivity index (χ0) is 17.1. The molecule has 128 valence electrons. The maximum absolute atomic E-state index is 13.1. The number of carbonyl (C=O) groups is 1. The van der Waals surface area contributed by atoms with Crippen LogP contribution in [0.15, 0.2) is 29.1 Å². The fourth-order valence-corrected chi connectivity index (χ4v) is 2.64. The van der Waals surface area contributed by atoms with Crippen LogP contribution in [0.25, 0.3) is 11.4 Å². The number of benzene rings is 1. The number of rotatable bonds is 7. The van der Waals surface area contributed by atoms with Gasteiger partial charge in [-0.15, -0.1) is 5.10 Å². The third-order valence-corrected chi connectivity index (χ3v) is 4.01. The minimum Gasteiger partial charge on any atom is -0.354 e. The van der Waals surface area contributed by atoms with Crippen LogP contribution >= 0.6 is 0 Å². The average Bonchev–Trinajstić information content (AvgIpc) is 3.34. The quantitative estimate of drug-likeness (QED) is 0.844. The van der Waals surface area contributed by atoms with Crippen LogP contribution in [0.3, 0.4) is 0 Å². The number of amides is 1. The van der Waals surface area contributed by atoms with Crippen molar-refractivity contribution in [1.29, 1.82) is 0 Å². The lowest BCUT2D eigenvalue weighted by Crippen LogP contribution is -2.32. The summed E-state index contributed by atoms with van der Waals surface area (Å²) in [5.41, 5.74) is 0.538. The Labute approximate surface area is 139 Å². The molecule has 0 radical (unpaired) electrons. The molecule has 1 aliphatic rings. The Morgan fingerprint density at radius 3 is 2.67 bits per heavy atom. The SMILES string of the molecule is CCCC(=O)NCCn1nc(-c2ccc(F)cc2)n(C2CC2)c1=O. The predicted octanol–water partition coefficient (Wildman–Crippen LogP) is 2.10. The van der Waals surface area contributed by atoms with Crippen molar-refractivity contribution >= 4 is 5.91 Å². The Morgan fingerprint density at radius 1 is 1.33 bits per heavy atom. The molecule has 0 bridgehead atoms. The highest BCUT2D eigenvalue weighted by atomic mass is 19.1. The first-order valence-corrected chi connectivity index (χ1v) is 8.32. The summed E-state index contributed by atoms with van der Waals surface area (Å²) in [5, 5.41) is 7.19. The molecule has 1 aromatic heterocycles. The summed E-state index contributed by atoms with van der Waals surface area (Å²) in [7, 11) is 0. The van der Waals surface area contributed by atoms with E-state index in [0.717, 1.165) is 19.3 Å². The number of aromatic nitrogens is 3. The summed E-state index contributed by atoms with van der Waals surface area (Å²) >= 11 is 0. The summed E-state index contributed by atoms with van der Waals surface area (Å²) in [6, 6.07) is 6.15. The second kappa shape index (κ2) is 6.98. The minimum atomic E-state index is -0.322. The molecular weight excluding hydrogens is 311 g/mol. The first-order valence-electron chi connectivity index (χ1n) is 8.32. The molecule has 1 heterocycles. The van der Waals surface area contributed by atoms with E-state index in [2.05, 4.69) is 10.4 Å². The van der Waals surface area contributed by atoms with Gasteiger partial charge in [-0.1, -0.05) is 6.92 Å². The summed E-state index contributed by atoms with van der Waals surface area (Å²) < 4.78 is 16.2. The normalized spacial score (nSPS) is 13.9. The second-order valence-corrected chi connectivity index (χ2v) is 6.04. The van der Waals surface area contributed by atoms with Gasteiger partial charge in [0.1, 0.15) is 5.82 Å². The Morgan fingerprint density at radius 2 is 2.04 bits per heavy atom. The Balaban J connectivity index is 1.81. The van der Waals surface area contributed by atoms with Gasteiger partial charge in [0.15, 0.2) is 5.82 Å². The van der Waals surface area contributed by atoms with Crippen LogP contribution < -0.4 is 11.0 Å². The first kappa shape index (κ1) is 16.4. The topological polar surface area (TPSA) is 68.9 Å². The zero-order valence-electron chi connectivity index (χ0n) is 13.7. The highest BCUT2D eigenvalue weighted by Gasteiger charge is 2.30. The molecule has 2 aromatic rings. The first-order chi connectivity index (χ1) is 11.6. The molecule has 1 saturated carbocycles. The van der Waals surface area contributed by atoms with Crippen molar-refractivity contribution in [2.24, 2.45) is 0 Å². The van der Waals surface area contributed by atoms with E-state index in [1.54, 1.807) is 16.7 Å². The zero-order valence-corrected chi connectivity index (χ0v) is 13.7. The largest absolute Gasteiger partial charge is 0.354 e. The van der Waals surface area contributed by atoms with Crippen LogP contribution in [0, 0.1) is 5.82 Å². The van der Waals surface area contributed by atoms with Crippen molar-refractivity contribution in [3.8, 4) is 11.4 Å². The van der Waals surface area contributed by atoms with Crippen molar-refractivity contribution in [3.63, 3.8) is 0 Å². The van der Waals surface area contributed by atoms with E-state index in [0.29, 0.717) is 30.9 Å². The van der Waals surface area contributed by atoms with E-state index < -0.39 is 0 Å². The van der Waals surface area contributed by atoms with Crippen molar-refractivity contribution in [3.05, 3.63) is 40.6 Å². The van der Waals surface area contributed by atoms with Gasteiger partial charge in [0.25, 0.3) is 0 Å². The summed E-state index contributed by atoms with van der Waals surface area (Å²) in [6.07, 6.45) is 3.17. The molecular formula is C17H21FN4O2. The molecule has 0 atom stereocenters. The highest BCUT2D eigenvalue weighted by molar-refractivity contribution is 5.75. The van der Waals surface area contributed by atoms with Crippen molar-refractivity contribution in [2.45, 2.75) is 45.2 Å². The van der Waals surface area contributed by atoms with E-state index in [-0.39, 0.29) is 23.5 Å². The van der Waals surface area contributed by atoms with Gasteiger partial charge in [-0.3, -0.25) is 9.36 Å². The number of hydrogen-bond acceptors (Lipinski definition) is 3. The van der Waals surface area contributed by atoms with E-state index in [4.69, 9.17) is 0 Å². The molecule has 0 aliphatic heterocycles. The molecule has 3 rings (SSSR count). The highest BCUT2D eigenvalue weighted by Crippen LogP contribution is 2.36. The summed E-state index contributed by atoms with van der Waals surface area (Å²) in [4.78, 5) is 24.1. The summed E-state index contributed by atoms with van der Waals surface area (Å²) in [6.45, 7) is 2.63. The Hall–Kier alpha value is -2.44. The Bertz CT molecular complexity index is 775. The van der Waals surface area contributed by atoms with Crippen LogP contribution in [-0.4, -0.2) is 26.8 Å². The van der Waals surface area contributed by atoms with E-state index in [1.165, 1.54) is 16.8 Å². The lowest BCUT2D eigenvalue weighted by Gasteiger charge is -2.03.